The van der Waals surface area contributed by atoms with Crippen molar-refractivity contribution in [3.05, 3.63) is 58.4 Å². The average Bonchev–Trinajstić information content (AvgIpc) is 3.15. The van der Waals surface area contributed by atoms with Crippen molar-refractivity contribution < 1.29 is 41.5 Å². The van der Waals surface area contributed by atoms with Gasteiger partial charge in [-0.3, -0.25) is 19.7 Å². The third kappa shape index (κ3) is 4.81. The Kier molecular flexibility index (Phi) is 6.57. The molecule has 0 bridgehead atoms. The summed E-state index contributed by atoms with van der Waals surface area (Å²) in [5.74, 6) is -2.38. The molecule has 0 saturated carbocycles. The van der Waals surface area contributed by atoms with Gasteiger partial charge in [-0.2, -0.15) is 13.2 Å². The van der Waals surface area contributed by atoms with Gasteiger partial charge in [0.25, 0.3) is 5.91 Å². The molecule has 13 heteroatoms. The molecule has 0 spiro atoms. The van der Waals surface area contributed by atoms with E-state index >= 15 is 4.39 Å². The van der Waals surface area contributed by atoms with E-state index in [2.05, 4.69) is 16.0 Å². The van der Waals surface area contributed by atoms with Gasteiger partial charge in [0.05, 0.1) is 24.9 Å². The van der Waals surface area contributed by atoms with Crippen LogP contribution in [0.1, 0.15) is 39.9 Å². The van der Waals surface area contributed by atoms with Crippen LogP contribution < -0.4 is 20.7 Å². The van der Waals surface area contributed by atoms with Gasteiger partial charge in [-0.05, 0) is 30.7 Å². The normalized spacial score (nSPS) is 17.5. The molecule has 1 saturated heterocycles. The molecule has 0 aliphatic carbocycles. The number of rotatable bonds is 5. The Morgan fingerprint density at radius 1 is 1.19 bits per heavy atom. The van der Waals surface area contributed by atoms with Crippen LogP contribution >= 0.6 is 0 Å². The van der Waals surface area contributed by atoms with Crippen LogP contribution in [0.25, 0.3) is 0 Å². The molecular formula is C23H20F4N4O5. The second kappa shape index (κ2) is 9.47. The summed E-state index contributed by atoms with van der Waals surface area (Å²) in [6.07, 6.45) is -4.45. The summed E-state index contributed by atoms with van der Waals surface area (Å²) in [5.41, 5.74) is -1.08. The van der Waals surface area contributed by atoms with Gasteiger partial charge in [-0.1, -0.05) is 6.07 Å². The van der Waals surface area contributed by atoms with Crippen LogP contribution in [0.2, 0.25) is 0 Å². The number of methoxy groups -OCH3 is 1. The number of ether oxygens (including phenoxy) is 1. The van der Waals surface area contributed by atoms with E-state index in [-0.39, 0.29) is 54.1 Å². The standard InChI is InChI=1S/C23H20F4N4O5/c1-36-17-6-3-12(23(25,26)27)8-15(17)29-22(35)28-9-11-2-4-13-14(19(11)24)10-31(21(13)34)16-5-7-18(32)30-20(16)33/h2-4,6,8,16H,5,7,9-10H2,1H3,(H2,28,29,35)(H,30,32,33). The largest absolute Gasteiger partial charge is 0.495 e. The fourth-order valence-corrected chi connectivity index (χ4v) is 4.11. The van der Waals surface area contributed by atoms with Crippen molar-refractivity contribution >= 4 is 29.4 Å². The molecule has 1 unspecified atom stereocenters. The van der Waals surface area contributed by atoms with Crippen LogP contribution in [0.5, 0.6) is 5.75 Å². The highest BCUT2D eigenvalue weighted by molar-refractivity contribution is 6.05. The smallest absolute Gasteiger partial charge is 0.416 e. The SMILES string of the molecule is COc1ccc(C(F)(F)F)cc1NC(=O)NCc1ccc2c(c1F)CN(C1CCC(=O)NC1=O)C2=O. The van der Waals surface area contributed by atoms with Crippen LogP contribution in [0.4, 0.5) is 28.0 Å². The van der Waals surface area contributed by atoms with Crippen molar-refractivity contribution in [1.29, 1.82) is 0 Å². The summed E-state index contributed by atoms with van der Waals surface area (Å²) >= 11 is 0. The van der Waals surface area contributed by atoms with E-state index < -0.39 is 47.4 Å². The number of anilines is 1. The minimum Gasteiger partial charge on any atom is -0.495 e. The van der Waals surface area contributed by atoms with E-state index in [4.69, 9.17) is 4.74 Å². The zero-order chi connectivity index (χ0) is 26.2. The Morgan fingerprint density at radius 2 is 1.94 bits per heavy atom. The molecule has 5 amide bonds. The lowest BCUT2D eigenvalue weighted by molar-refractivity contribution is -0.138. The highest BCUT2D eigenvalue weighted by Crippen LogP contribution is 2.35. The van der Waals surface area contributed by atoms with Crippen molar-refractivity contribution in [3.63, 3.8) is 0 Å². The monoisotopic (exact) mass is 508 g/mol. The number of piperidine rings is 1. The van der Waals surface area contributed by atoms with Crippen LogP contribution in [0.15, 0.2) is 30.3 Å². The number of fused-ring (bicyclic) bond motifs is 1. The number of hydrogen-bond acceptors (Lipinski definition) is 5. The number of amides is 5. The first-order valence-electron chi connectivity index (χ1n) is 10.7. The molecule has 2 heterocycles. The predicted molar refractivity (Wildman–Crippen MR) is 116 cm³/mol. The molecule has 2 aromatic rings. The van der Waals surface area contributed by atoms with Crippen LogP contribution in [0.3, 0.4) is 0 Å². The van der Waals surface area contributed by atoms with Gasteiger partial charge in [-0.25, -0.2) is 9.18 Å². The minimum absolute atomic E-state index is 0.00563. The summed E-state index contributed by atoms with van der Waals surface area (Å²) in [6.45, 7) is -0.521. The molecule has 2 aromatic carbocycles. The fraction of sp³-hybridized carbons (Fsp3) is 0.304. The predicted octanol–water partition coefficient (Wildman–Crippen LogP) is 2.94. The number of hydrogen-bond donors (Lipinski definition) is 3. The van der Waals surface area contributed by atoms with Gasteiger partial charge in [0.15, 0.2) is 0 Å². The number of nitrogens with zero attached hydrogens (tertiary/aromatic N) is 1. The van der Waals surface area contributed by atoms with Crippen LogP contribution in [-0.4, -0.2) is 41.8 Å². The number of carbonyl (C=O) groups excluding carboxylic acids is 4. The van der Waals surface area contributed by atoms with Crippen molar-refractivity contribution in [2.75, 3.05) is 12.4 Å². The number of benzene rings is 2. The molecule has 0 aromatic heterocycles. The molecule has 4 rings (SSSR count). The maximum absolute atomic E-state index is 15.2. The summed E-state index contributed by atoms with van der Waals surface area (Å²) in [6, 6.07) is 3.43. The minimum atomic E-state index is -4.63. The van der Waals surface area contributed by atoms with Gasteiger partial charge >= 0.3 is 12.2 Å². The van der Waals surface area contributed by atoms with Crippen LogP contribution in [-0.2, 0) is 28.9 Å². The maximum atomic E-state index is 15.2. The molecule has 0 radical (unpaired) electrons. The van der Waals surface area contributed by atoms with Crippen molar-refractivity contribution in [2.45, 2.75) is 38.1 Å². The molecule has 36 heavy (non-hydrogen) atoms. The second-order valence-corrected chi connectivity index (χ2v) is 8.19. The number of imide groups is 1. The van der Waals surface area contributed by atoms with E-state index in [0.717, 1.165) is 12.1 Å². The molecule has 9 nitrogen and oxygen atoms in total. The zero-order valence-corrected chi connectivity index (χ0v) is 18.8. The molecule has 3 N–H and O–H groups in total. The van der Waals surface area contributed by atoms with Crippen molar-refractivity contribution in [2.24, 2.45) is 0 Å². The quantitative estimate of drug-likeness (QED) is 0.424. The number of urea groups is 1. The van der Waals surface area contributed by atoms with E-state index in [0.29, 0.717) is 6.07 Å². The van der Waals surface area contributed by atoms with Gasteiger partial charge in [0.1, 0.15) is 17.6 Å². The lowest BCUT2D eigenvalue weighted by Gasteiger charge is -2.29. The van der Waals surface area contributed by atoms with Crippen LogP contribution in [0, 0.1) is 5.82 Å². The summed E-state index contributed by atoms with van der Waals surface area (Å²) in [7, 11) is 1.23. The lowest BCUT2D eigenvalue weighted by Crippen LogP contribution is -2.52. The topological polar surface area (TPSA) is 117 Å². The summed E-state index contributed by atoms with van der Waals surface area (Å²) in [5, 5.41) is 6.77. The van der Waals surface area contributed by atoms with Gasteiger partial charge in [-0.15, -0.1) is 0 Å². The third-order valence-electron chi connectivity index (χ3n) is 5.94. The lowest BCUT2D eigenvalue weighted by atomic mass is 10.0. The van der Waals surface area contributed by atoms with E-state index in [1.807, 2.05) is 0 Å². The Morgan fingerprint density at radius 3 is 2.61 bits per heavy atom. The van der Waals surface area contributed by atoms with Gasteiger partial charge in [0.2, 0.25) is 11.8 Å². The molecule has 2 aliphatic rings. The Hall–Kier alpha value is -4.16. The van der Waals surface area contributed by atoms with E-state index in [1.54, 1.807) is 0 Å². The Balaban J connectivity index is 1.45. The average molecular weight is 508 g/mol. The fourth-order valence-electron chi connectivity index (χ4n) is 4.11. The molecular weight excluding hydrogens is 488 g/mol. The summed E-state index contributed by atoms with van der Waals surface area (Å²) in [4.78, 5) is 49.8. The van der Waals surface area contributed by atoms with Gasteiger partial charge < -0.3 is 20.3 Å². The highest BCUT2D eigenvalue weighted by atomic mass is 19.4. The van der Waals surface area contributed by atoms with E-state index in [1.165, 1.54) is 24.1 Å². The molecule has 1 atom stereocenters. The second-order valence-electron chi connectivity index (χ2n) is 8.19. The Bertz CT molecular complexity index is 1260. The number of carbonyl (C=O) groups is 4. The van der Waals surface area contributed by atoms with Crippen molar-refractivity contribution in [1.82, 2.24) is 15.5 Å². The molecule has 2 aliphatic heterocycles. The van der Waals surface area contributed by atoms with Crippen molar-refractivity contribution in [3.8, 4) is 5.75 Å². The maximum Gasteiger partial charge on any atom is 0.416 e. The first-order valence-corrected chi connectivity index (χ1v) is 10.7. The highest BCUT2D eigenvalue weighted by Gasteiger charge is 2.40. The van der Waals surface area contributed by atoms with E-state index in [9.17, 15) is 32.3 Å². The summed E-state index contributed by atoms with van der Waals surface area (Å²) < 4.78 is 59.2. The number of halogens is 4. The molecule has 190 valence electrons. The first kappa shape index (κ1) is 24.9. The number of alkyl halides is 3. The number of nitrogens with one attached hydrogen (secondary N) is 3. The first-order chi connectivity index (χ1) is 17.0. The third-order valence-corrected chi connectivity index (χ3v) is 5.94. The van der Waals surface area contributed by atoms with Gasteiger partial charge in [0, 0.05) is 29.7 Å². The molecule has 1 fully saturated rings. The zero-order valence-electron chi connectivity index (χ0n) is 18.8. The Labute approximate surface area is 201 Å².